The molecule has 0 radical (unpaired) electrons. The lowest BCUT2D eigenvalue weighted by molar-refractivity contribution is 0.102. The number of halogens is 2. The van der Waals surface area contributed by atoms with Crippen molar-refractivity contribution in [2.24, 2.45) is 0 Å². The predicted octanol–water partition coefficient (Wildman–Crippen LogP) is 4.28. The fourth-order valence-corrected chi connectivity index (χ4v) is 3.11. The fraction of sp³-hybridized carbons (Fsp3) is 0. The number of nitrogens with one attached hydrogen (secondary N) is 1. The van der Waals surface area contributed by atoms with Gasteiger partial charge in [0.15, 0.2) is 16.8 Å². The maximum Gasteiger partial charge on any atom is 0.257 e. The standard InChI is InChI=1S/C18H10F2N4OS/c19-12-3-1-10(7-13(12)20)16-9-26-18(23-16)24-17(25)11-2-4-14-15(8-11)22-6-5-21-14/h1-9H,(H,23,24,25). The number of thiazole rings is 1. The first-order valence-electron chi connectivity index (χ1n) is 7.53. The van der Waals surface area contributed by atoms with E-state index in [1.54, 1.807) is 36.0 Å². The number of rotatable bonds is 3. The van der Waals surface area contributed by atoms with Gasteiger partial charge in [0.1, 0.15) is 0 Å². The monoisotopic (exact) mass is 368 g/mol. The van der Waals surface area contributed by atoms with Crippen LogP contribution in [-0.4, -0.2) is 20.9 Å². The van der Waals surface area contributed by atoms with Crippen molar-refractivity contribution in [3.05, 3.63) is 71.4 Å². The molecule has 4 aromatic rings. The molecule has 0 saturated heterocycles. The number of fused-ring (bicyclic) bond motifs is 1. The van der Waals surface area contributed by atoms with Crippen LogP contribution in [0, 0.1) is 11.6 Å². The summed E-state index contributed by atoms with van der Waals surface area (Å²) in [5.41, 5.74) is 2.61. The summed E-state index contributed by atoms with van der Waals surface area (Å²) in [7, 11) is 0. The fourth-order valence-electron chi connectivity index (χ4n) is 2.39. The number of amides is 1. The van der Waals surface area contributed by atoms with Gasteiger partial charge in [0.05, 0.1) is 16.7 Å². The molecule has 1 N–H and O–H groups in total. The van der Waals surface area contributed by atoms with E-state index in [0.717, 1.165) is 12.1 Å². The molecule has 26 heavy (non-hydrogen) atoms. The van der Waals surface area contributed by atoms with Crippen molar-refractivity contribution in [2.45, 2.75) is 0 Å². The van der Waals surface area contributed by atoms with Crippen molar-refractivity contribution < 1.29 is 13.6 Å². The summed E-state index contributed by atoms with van der Waals surface area (Å²) in [6.45, 7) is 0. The van der Waals surface area contributed by atoms with Gasteiger partial charge in [-0.25, -0.2) is 13.8 Å². The highest BCUT2D eigenvalue weighted by Gasteiger charge is 2.12. The van der Waals surface area contributed by atoms with Gasteiger partial charge in [-0.3, -0.25) is 20.1 Å². The summed E-state index contributed by atoms with van der Waals surface area (Å²) < 4.78 is 26.4. The van der Waals surface area contributed by atoms with Crippen molar-refractivity contribution in [2.75, 3.05) is 5.32 Å². The van der Waals surface area contributed by atoms with E-state index >= 15 is 0 Å². The first-order valence-corrected chi connectivity index (χ1v) is 8.41. The Balaban J connectivity index is 1.56. The van der Waals surface area contributed by atoms with Crippen LogP contribution < -0.4 is 5.32 Å². The van der Waals surface area contributed by atoms with Crippen molar-refractivity contribution in [1.82, 2.24) is 15.0 Å². The SMILES string of the molecule is O=C(Nc1nc(-c2ccc(F)c(F)c2)cs1)c1ccc2nccnc2c1. The van der Waals surface area contributed by atoms with E-state index in [1.165, 1.54) is 17.4 Å². The van der Waals surface area contributed by atoms with Gasteiger partial charge in [-0.05, 0) is 36.4 Å². The molecule has 0 fully saturated rings. The van der Waals surface area contributed by atoms with E-state index in [4.69, 9.17) is 0 Å². The van der Waals surface area contributed by atoms with Crippen LogP contribution >= 0.6 is 11.3 Å². The van der Waals surface area contributed by atoms with E-state index < -0.39 is 11.6 Å². The number of carbonyl (C=O) groups is 1. The molecule has 0 spiro atoms. The molecule has 128 valence electrons. The third kappa shape index (κ3) is 3.14. The van der Waals surface area contributed by atoms with Gasteiger partial charge in [0.25, 0.3) is 5.91 Å². The summed E-state index contributed by atoms with van der Waals surface area (Å²) in [6.07, 6.45) is 3.14. The molecule has 0 aliphatic heterocycles. The zero-order chi connectivity index (χ0) is 18.1. The zero-order valence-corrected chi connectivity index (χ0v) is 13.9. The quantitative estimate of drug-likeness (QED) is 0.586. The van der Waals surface area contributed by atoms with Crippen LogP contribution in [0.5, 0.6) is 0 Å². The normalized spacial score (nSPS) is 10.8. The molecular weight excluding hydrogens is 358 g/mol. The Kier molecular flexibility index (Phi) is 4.10. The minimum atomic E-state index is -0.946. The van der Waals surface area contributed by atoms with Crippen LogP contribution in [0.15, 0.2) is 54.2 Å². The molecule has 4 rings (SSSR count). The van der Waals surface area contributed by atoms with Crippen LogP contribution in [0.2, 0.25) is 0 Å². The van der Waals surface area contributed by atoms with Crippen LogP contribution in [0.1, 0.15) is 10.4 Å². The maximum atomic E-state index is 13.4. The summed E-state index contributed by atoms with van der Waals surface area (Å²) in [5.74, 6) is -2.21. The minimum Gasteiger partial charge on any atom is -0.298 e. The van der Waals surface area contributed by atoms with Crippen LogP contribution in [0.25, 0.3) is 22.3 Å². The van der Waals surface area contributed by atoms with Crippen LogP contribution in [0.4, 0.5) is 13.9 Å². The Labute approximate surface area is 150 Å². The smallest absolute Gasteiger partial charge is 0.257 e. The molecule has 0 atom stereocenters. The summed E-state index contributed by atoms with van der Waals surface area (Å²) >= 11 is 1.19. The summed E-state index contributed by atoms with van der Waals surface area (Å²) in [5, 5.41) is 4.71. The molecule has 5 nitrogen and oxygen atoms in total. The van der Waals surface area contributed by atoms with Gasteiger partial charge >= 0.3 is 0 Å². The highest BCUT2D eigenvalue weighted by Crippen LogP contribution is 2.26. The Hall–Kier alpha value is -3.26. The highest BCUT2D eigenvalue weighted by molar-refractivity contribution is 7.14. The first kappa shape index (κ1) is 16.2. The largest absolute Gasteiger partial charge is 0.298 e. The zero-order valence-electron chi connectivity index (χ0n) is 13.1. The van der Waals surface area contributed by atoms with Gasteiger partial charge < -0.3 is 0 Å². The highest BCUT2D eigenvalue weighted by atomic mass is 32.1. The minimum absolute atomic E-state index is 0.344. The summed E-state index contributed by atoms with van der Waals surface area (Å²) in [6, 6.07) is 8.54. The van der Waals surface area contributed by atoms with E-state index in [-0.39, 0.29) is 5.91 Å². The second-order valence-corrected chi connectivity index (χ2v) is 6.24. The number of hydrogen-bond acceptors (Lipinski definition) is 5. The third-order valence-corrected chi connectivity index (χ3v) is 4.43. The Morgan fingerprint density at radius 1 is 0.962 bits per heavy atom. The van der Waals surface area contributed by atoms with Gasteiger partial charge in [-0.15, -0.1) is 11.3 Å². The number of aromatic nitrogens is 3. The third-order valence-electron chi connectivity index (χ3n) is 3.67. The van der Waals surface area contributed by atoms with Crippen LogP contribution in [-0.2, 0) is 0 Å². The molecule has 0 unspecified atom stereocenters. The average molecular weight is 368 g/mol. The summed E-state index contributed by atoms with van der Waals surface area (Å²) in [4.78, 5) is 25.0. The van der Waals surface area contributed by atoms with Gasteiger partial charge in [-0.2, -0.15) is 0 Å². The second-order valence-electron chi connectivity index (χ2n) is 5.38. The molecule has 1 amide bonds. The number of nitrogens with zero attached hydrogens (tertiary/aromatic N) is 3. The Morgan fingerprint density at radius 2 is 1.77 bits per heavy atom. The Morgan fingerprint density at radius 3 is 2.58 bits per heavy atom. The molecule has 8 heteroatoms. The number of carbonyl (C=O) groups excluding carboxylic acids is 1. The van der Waals surface area contributed by atoms with Gasteiger partial charge in [0, 0.05) is 28.9 Å². The molecule has 2 aromatic heterocycles. The van der Waals surface area contributed by atoms with E-state index in [1.807, 2.05) is 0 Å². The predicted molar refractivity (Wildman–Crippen MR) is 95.0 cm³/mol. The van der Waals surface area contributed by atoms with Gasteiger partial charge in [-0.1, -0.05) is 0 Å². The number of anilines is 1. The molecule has 0 aliphatic rings. The lowest BCUT2D eigenvalue weighted by Gasteiger charge is -2.03. The number of benzene rings is 2. The molecule has 2 aromatic carbocycles. The second kappa shape index (κ2) is 6.57. The van der Waals surface area contributed by atoms with Crippen LogP contribution in [0.3, 0.4) is 0 Å². The average Bonchev–Trinajstić information content (AvgIpc) is 3.12. The first-order chi connectivity index (χ1) is 12.6. The molecule has 0 saturated carbocycles. The van der Waals surface area contributed by atoms with Crippen molar-refractivity contribution in [3.8, 4) is 11.3 Å². The van der Waals surface area contributed by atoms with Crippen molar-refractivity contribution in [1.29, 1.82) is 0 Å². The van der Waals surface area contributed by atoms with E-state index in [0.29, 0.717) is 33.0 Å². The lowest BCUT2D eigenvalue weighted by Crippen LogP contribution is -2.11. The molecular formula is C18H10F2N4OS. The lowest BCUT2D eigenvalue weighted by atomic mass is 10.1. The number of hydrogen-bond donors (Lipinski definition) is 1. The molecule has 0 aliphatic carbocycles. The van der Waals surface area contributed by atoms with E-state index in [2.05, 4.69) is 20.3 Å². The van der Waals surface area contributed by atoms with Gasteiger partial charge in [0.2, 0.25) is 0 Å². The van der Waals surface area contributed by atoms with Crippen molar-refractivity contribution >= 4 is 33.4 Å². The van der Waals surface area contributed by atoms with E-state index in [9.17, 15) is 13.6 Å². The maximum absolute atomic E-state index is 13.4. The topological polar surface area (TPSA) is 67.8 Å². The molecule has 2 heterocycles. The molecule has 0 bridgehead atoms. The Bertz CT molecular complexity index is 1130. The van der Waals surface area contributed by atoms with Crippen molar-refractivity contribution in [3.63, 3.8) is 0 Å².